The van der Waals surface area contributed by atoms with E-state index in [-0.39, 0.29) is 18.7 Å². The standard InChI is InChI=1S/C16H18F3NO4/c1-2-3-7-14(21)23-13-8-9-20(15(13)22)11-5-4-6-12(10-11)24-16(17,18)19/h4-6,10,13H,2-3,7-9H2,1H3. The number of halogens is 3. The van der Waals surface area contributed by atoms with E-state index < -0.39 is 30.1 Å². The molecule has 0 aliphatic carbocycles. The van der Waals surface area contributed by atoms with Gasteiger partial charge in [-0.2, -0.15) is 0 Å². The van der Waals surface area contributed by atoms with Gasteiger partial charge in [-0.15, -0.1) is 13.2 Å². The van der Waals surface area contributed by atoms with Crippen molar-refractivity contribution in [2.24, 2.45) is 0 Å². The van der Waals surface area contributed by atoms with E-state index in [2.05, 4.69) is 4.74 Å². The summed E-state index contributed by atoms with van der Waals surface area (Å²) in [6.45, 7) is 2.20. The van der Waals surface area contributed by atoms with Crippen LogP contribution in [0.1, 0.15) is 32.6 Å². The second kappa shape index (κ2) is 7.55. The fourth-order valence-electron chi connectivity index (χ4n) is 2.41. The molecule has 0 saturated carbocycles. The van der Waals surface area contributed by atoms with Crippen LogP contribution in [-0.2, 0) is 14.3 Å². The van der Waals surface area contributed by atoms with Crippen LogP contribution in [0.15, 0.2) is 24.3 Å². The second-order valence-corrected chi connectivity index (χ2v) is 5.41. The van der Waals surface area contributed by atoms with E-state index >= 15 is 0 Å². The zero-order valence-electron chi connectivity index (χ0n) is 13.1. The van der Waals surface area contributed by atoms with Crippen molar-refractivity contribution in [3.05, 3.63) is 24.3 Å². The molecule has 5 nitrogen and oxygen atoms in total. The summed E-state index contributed by atoms with van der Waals surface area (Å²) >= 11 is 0. The lowest BCUT2D eigenvalue weighted by atomic mass is 10.2. The Morgan fingerprint density at radius 1 is 1.38 bits per heavy atom. The Morgan fingerprint density at radius 3 is 2.79 bits per heavy atom. The van der Waals surface area contributed by atoms with Gasteiger partial charge in [0, 0.05) is 31.1 Å². The van der Waals surface area contributed by atoms with Crippen molar-refractivity contribution in [3.63, 3.8) is 0 Å². The molecular formula is C16H18F3NO4. The van der Waals surface area contributed by atoms with Crippen molar-refractivity contribution in [2.75, 3.05) is 11.4 Å². The minimum Gasteiger partial charge on any atom is -0.452 e. The fraction of sp³-hybridized carbons (Fsp3) is 0.500. The molecule has 1 aliphatic rings. The lowest BCUT2D eigenvalue weighted by Crippen LogP contribution is -2.32. The van der Waals surface area contributed by atoms with Crippen LogP contribution >= 0.6 is 0 Å². The van der Waals surface area contributed by atoms with E-state index in [1.807, 2.05) is 6.92 Å². The van der Waals surface area contributed by atoms with Crippen LogP contribution in [0.4, 0.5) is 18.9 Å². The molecule has 0 radical (unpaired) electrons. The topological polar surface area (TPSA) is 55.8 Å². The third-order valence-electron chi connectivity index (χ3n) is 3.53. The molecule has 1 amide bonds. The second-order valence-electron chi connectivity index (χ2n) is 5.41. The van der Waals surface area contributed by atoms with Crippen molar-refractivity contribution in [1.29, 1.82) is 0 Å². The lowest BCUT2D eigenvalue weighted by molar-refractivity contribution is -0.274. The van der Waals surface area contributed by atoms with E-state index in [0.717, 1.165) is 18.6 Å². The van der Waals surface area contributed by atoms with Gasteiger partial charge in [-0.25, -0.2) is 0 Å². The number of hydrogen-bond donors (Lipinski definition) is 0. The number of anilines is 1. The van der Waals surface area contributed by atoms with Crippen molar-refractivity contribution < 1.29 is 32.2 Å². The van der Waals surface area contributed by atoms with Crippen LogP contribution < -0.4 is 9.64 Å². The zero-order valence-corrected chi connectivity index (χ0v) is 13.1. The predicted octanol–water partition coefficient (Wildman–Crippen LogP) is 3.42. The maximum absolute atomic E-state index is 12.3. The first-order chi connectivity index (χ1) is 11.3. The van der Waals surface area contributed by atoms with Gasteiger partial charge in [0.2, 0.25) is 0 Å². The maximum atomic E-state index is 12.3. The number of rotatable bonds is 6. The van der Waals surface area contributed by atoms with Gasteiger partial charge in [0.1, 0.15) is 5.75 Å². The molecule has 1 unspecified atom stereocenters. The van der Waals surface area contributed by atoms with E-state index in [1.54, 1.807) is 0 Å². The Balaban J connectivity index is 2.02. The summed E-state index contributed by atoms with van der Waals surface area (Å²) in [5.41, 5.74) is 0.272. The van der Waals surface area contributed by atoms with Crippen molar-refractivity contribution >= 4 is 17.6 Å². The number of amides is 1. The average molecular weight is 345 g/mol. The molecule has 1 fully saturated rings. The number of carbonyl (C=O) groups is 2. The molecule has 1 aliphatic heterocycles. The van der Waals surface area contributed by atoms with Gasteiger partial charge in [-0.05, 0) is 18.6 Å². The molecule has 1 aromatic rings. The van der Waals surface area contributed by atoms with Gasteiger partial charge < -0.3 is 14.4 Å². The van der Waals surface area contributed by atoms with Crippen LogP contribution in [0.5, 0.6) is 5.75 Å². The van der Waals surface area contributed by atoms with E-state index in [9.17, 15) is 22.8 Å². The normalized spacial score (nSPS) is 17.9. The van der Waals surface area contributed by atoms with Gasteiger partial charge in [-0.3, -0.25) is 9.59 Å². The van der Waals surface area contributed by atoms with Gasteiger partial charge in [-0.1, -0.05) is 19.4 Å². The Kier molecular flexibility index (Phi) is 5.69. The molecule has 1 aromatic carbocycles. The van der Waals surface area contributed by atoms with Crippen LogP contribution in [0, 0.1) is 0 Å². The highest BCUT2D eigenvalue weighted by Crippen LogP contribution is 2.29. The number of unbranched alkanes of at least 4 members (excludes halogenated alkanes) is 1. The molecule has 1 saturated heterocycles. The first-order valence-corrected chi connectivity index (χ1v) is 7.67. The third-order valence-corrected chi connectivity index (χ3v) is 3.53. The van der Waals surface area contributed by atoms with E-state index in [0.29, 0.717) is 12.8 Å². The zero-order chi connectivity index (χ0) is 17.7. The summed E-state index contributed by atoms with van der Waals surface area (Å²) in [4.78, 5) is 25.2. The van der Waals surface area contributed by atoms with Gasteiger partial charge in [0.25, 0.3) is 5.91 Å². The van der Waals surface area contributed by atoms with Gasteiger partial charge in [0.05, 0.1) is 0 Å². The fourth-order valence-corrected chi connectivity index (χ4v) is 2.41. The molecule has 0 bridgehead atoms. The largest absolute Gasteiger partial charge is 0.573 e. The molecule has 2 rings (SSSR count). The summed E-state index contributed by atoms with van der Waals surface area (Å²) in [5.74, 6) is -1.29. The Morgan fingerprint density at radius 2 is 2.12 bits per heavy atom. The van der Waals surface area contributed by atoms with Crippen LogP contribution in [0.25, 0.3) is 0 Å². The summed E-state index contributed by atoms with van der Waals surface area (Å²) in [6.07, 6.45) is -3.62. The average Bonchev–Trinajstić information content (AvgIpc) is 2.85. The lowest BCUT2D eigenvalue weighted by Gasteiger charge is -2.18. The quantitative estimate of drug-likeness (QED) is 0.742. The maximum Gasteiger partial charge on any atom is 0.573 e. The molecule has 132 valence electrons. The third kappa shape index (κ3) is 4.87. The van der Waals surface area contributed by atoms with Crippen LogP contribution in [-0.4, -0.2) is 30.9 Å². The van der Waals surface area contributed by atoms with E-state index in [1.165, 1.54) is 17.0 Å². The number of alkyl halides is 3. The van der Waals surface area contributed by atoms with Crippen molar-refractivity contribution in [2.45, 2.75) is 45.1 Å². The Bertz CT molecular complexity index is 603. The highest BCUT2D eigenvalue weighted by molar-refractivity contribution is 5.99. The van der Waals surface area contributed by atoms with Crippen LogP contribution in [0.2, 0.25) is 0 Å². The van der Waals surface area contributed by atoms with Crippen molar-refractivity contribution in [1.82, 2.24) is 0 Å². The summed E-state index contributed by atoms with van der Waals surface area (Å²) in [7, 11) is 0. The molecule has 1 heterocycles. The number of carbonyl (C=O) groups excluding carboxylic acids is 2. The van der Waals surface area contributed by atoms with E-state index in [4.69, 9.17) is 4.74 Å². The molecular weight excluding hydrogens is 327 g/mol. The predicted molar refractivity (Wildman–Crippen MR) is 79.5 cm³/mol. The molecule has 0 aromatic heterocycles. The smallest absolute Gasteiger partial charge is 0.452 e. The SMILES string of the molecule is CCCCC(=O)OC1CCN(c2cccc(OC(F)(F)F)c2)C1=O. The summed E-state index contributed by atoms with van der Waals surface area (Å²) in [6, 6.07) is 5.15. The van der Waals surface area contributed by atoms with Crippen molar-refractivity contribution in [3.8, 4) is 5.75 Å². The number of benzene rings is 1. The summed E-state index contributed by atoms with van der Waals surface area (Å²) in [5, 5.41) is 0. The minimum absolute atomic E-state index is 0.245. The highest BCUT2D eigenvalue weighted by Gasteiger charge is 2.36. The first-order valence-electron chi connectivity index (χ1n) is 7.67. The van der Waals surface area contributed by atoms with Gasteiger partial charge in [0.15, 0.2) is 6.10 Å². The Labute approximate surface area is 137 Å². The minimum atomic E-state index is -4.80. The number of ether oxygens (including phenoxy) is 2. The number of nitrogens with zero attached hydrogens (tertiary/aromatic N) is 1. The molecule has 24 heavy (non-hydrogen) atoms. The Hall–Kier alpha value is -2.25. The monoisotopic (exact) mass is 345 g/mol. The summed E-state index contributed by atoms with van der Waals surface area (Å²) < 4.78 is 45.8. The molecule has 0 N–H and O–H groups in total. The van der Waals surface area contributed by atoms with Crippen LogP contribution in [0.3, 0.4) is 0 Å². The molecule has 1 atom stereocenters. The molecule has 0 spiro atoms. The van der Waals surface area contributed by atoms with Gasteiger partial charge >= 0.3 is 12.3 Å². The number of hydrogen-bond acceptors (Lipinski definition) is 4. The highest BCUT2D eigenvalue weighted by atomic mass is 19.4. The first kappa shape index (κ1) is 18.1. The molecule has 8 heteroatoms. The number of esters is 1.